The average Bonchev–Trinajstić information content (AvgIpc) is 2.21. The van der Waals surface area contributed by atoms with Crippen molar-refractivity contribution in [3.05, 3.63) is 26.6 Å². The van der Waals surface area contributed by atoms with Crippen LogP contribution in [-0.2, 0) is 14.8 Å². The summed E-state index contributed by atoms with van der Waals surface area (Å²) < 4.78 is 33.7. The molecule has 0 aliphatic carbocycles. The monoisotopic (exact) mass is 413 g/mol. The Balaban J connectivity index is 3.18. The summed E-state index contributed by atoms with van der Waals surface area (Å²) in [5, 5.41) is 0. The normalized spacial score (nSPS) is 12.7. The number of nitrogens with one attached hydrogen (secondary N) is 1. The Labute approximate surface area is 131 Å². The van der Waals surface area contributed by atoms with Crippen molar-refractivity contribution in [2.24, 2.45) is 0 Å². The molecule has 0 heterocycles. The second-order valence-corrected chi connectivity index (χ2v) is 8.31. The molecule has 1 aromatic carbocycles. The van der Waals surface area contributed by atoms with Gasteiger partial charge in [-0.2, -0.15) is 0 Å². The van der Waals surface area contributed by atoms with Gasteiger partial charge in [0.05, 0.1) is 17.0 Å². The van der Waals surface area contributed by atoms with Crippen molar-refractivity contribution in [3.8, 4) is 0 Å². The minimum Gasteiger partial charge on any atom is -0.383 e. The van der Waals surface area contributed by atoms with Crippen molar-refractivity contribution in [1.82, 2.24) is 4.72 Å². The van der Waals surface area contributed by atoms with Crippen LogP contribution >= 0.6 is 31.9 Å². The van der Waals surface area contributed by atoms with Crippen molar-refractivity contribution in [3.63, 3.8) is 0 Å². The highest BCUT2D eigenvalue weighted by Crippen LogP contribution is 2.29. The number of aryl methyl sites for hydroxylation is 1. The Morgan fingerprint density at radius 1 is 1.26 bits per heavy atom. The zero-order valence-corrected chi connectivity index (χ0v) is 15.2. The Bertz CT molecular complexity index is 571. The van der Waals surface area contributed by atoms with Crippen LogP contribution in [0.15, 0.2) is 26.0 Å². The fraction of sp³-hybridized carbons (Fsp3) is 0.500. The SMILES string of the molecule is COCC(C)(C)NS(=O)(=O)c1cc(Br)c(C)cc1Br. The Hall–Kier alpha value is 0.0500. The van der Waals surface area contributed by atoms with Gasteiger partial charge in [0, 0.05) is 16.1 Å². The summed E-state index contributed by atoms with van der Waals surface area (Å²) in [6, 6.07) is 3.35. The number of ether oxygens (including phenoxy) is 1. The molecule has 0 atom stereocenters. The van der Waals surface area contributed by atoms with Crippen molar-refractivity contribution in [2.45, 2.75) is 31.2 Å². The first-order valence-electron chi connectivity index (χ1n) is 5.57. The molecule has 0 bridgehead atoms. The van der Waals surface area contributed by atoms with Crippen LogP contribution in [0.25, 0.3) is 0 Å². The molecule has 0 spiro atoms. The van der Waals surface area contributed by atoms with Gasteiger partial charge >= 0.3 is 0 Å². The van der Waals surface area contributed by atoms with Gasteiger partial charge in [-0.25, -0.2) is 13.1 Å². The van der Waals surface area contributed by atoms with Gasteiger partial charge in [0.25, 0.3) is 0 Å². The summed E-state index contributed by atoms with van der Waals surface area (Å²) in [5.41, 5.74) is 0.284. The average molecular weight is 415 g/mol. The van der Waals surface area contributed by atoms with E-state index in [0.29, 0.717) is 4.47 Å². The lowest BCUT2D eigenvalue weighted by atomic mass is 10.1. The number of benzene rings is 1. The van der Waals surface area contributed by atoms with Gasteiger partial charge in [-0.05, 0) is 54.4 Å². The summed E-state index contributed by atoms with van der Waals surface area (Å²) in [5.74, 6) is 0. The molecule has 4 nitrogen and oxygen atoms in total. The lowest BCUT2D eigenvalue weighted by Gasteiger charge is -2.25. The first-order valence-corrected chi connectivity index (χ1v) is 8.64. The molecule has 0 saturated heterocycles. The van der Waals surface area contributed by atoms with Gasteiger partial charge in [0.1, 0.15) is 0 Å². The first-order chi connectivity index (χ1) is 8.59. The molecule has 0 aromatic heterocycles. The molecular weight excluding hydrogens is 398 g/mol. The molecular formula is C12H17Br2NO3S. The number of methoxy groups -OCH3 is 1. The smallest absolute Gasteiger partial charge is 0.242 e. The molecule has 1 aromatic rings. The first kappa shape index (κ1) is 17.1. The van der Waals surface area contributed by atoms with E-state index in [9.17, 15) is 8.42 Å². The van der Waals surface area contributed by atoms with Crippen LogP contribution < -0.4 is 4.72 Å². The van der Waals surface area contributed by atoms with Crippen molar-refractivity contribution >= 4 is 41.9 Å². The second kappa shape index (κ2) is 6.22. The maximum absolute atomic E-state index is 12.4. The molecule has 0 amide bonds. The van der Waals surface area contributed by atoms with E-state index in [2.05, 4.69) is 36.6 Å². The van der Waals surface area contributed by atoms with Gasteiger partial charge in [-0.1, -0.05) is 15.9 Å². The number of hydrogen-bond donors (Lipinski definition) is 1. The zero-order chi connectivity index (χ0) is 14.8. The van der Waals surface area contributed by atoms with Crippen LogP contribution in [0.5, 0.6) is 0 Å². The molecule has 0 aliphatic heterocycles. The summed E-state index contributed by atoms with van der Waals surface area (Å²) >= 11 is 6.64. The highest BCUT2D eigenvalue weighted by Gasteiger charge is 2.28. The molecule has 0 saturated carbocycles. The molecule has 1 rings (SSSR count). The van der Waals surface area contributed by atoms with E-state index in [0.717, 1.165) is 10.0 Å². The third kappa shape index (κ3) is 4.53. The number of halogens is 2. The third-order valence-electron chi connectivity index (χ3n) is 2.42. The predicted octanol–water partition coefficient (Wildman–Crippen LogP) is 3.22. The van der Waals surface area contributed by atoms with Crippen LogP contribution in [0.3, 0.4) is 0 Å². The number of sulfonamides is 1. The Kier molecular flexibility index (Phi) is 5.60. The fourth-order valence-electron chi connectivity index (χ4n) is 1.64. The lowest BCUT2D eigenvalue weighted by molar-refractivity contribution is 0.141. The minimum absolute atomic E-state index is 0.203. The van der Waals surface area contributed by atoms with E-state index >= 15 is 0 Å². The quantitative estimate of drug-likeness (QED) is 0.804. The number of hydrogen-bond acceptors (Lipinski definition) is 3. The van der Waals surface area contributed by atoms with E-state index < -0.39 is 15.6 Å². The summed E-state index contributed by atoms with van der Waals surface area (Å²) in [6.45, 7) is 5.72. The predicted molar refractivity (Wildman–Crippen MR) is 82.9 cm³/mol. The van der Waals surface area contributed by atoms with Crippen LogP contribution in [0.1, 0.15) is 19.4 Å². The summed E-state index contributed by atoms with van der Waals surface area (Å²) in [7, 11) is -2.08. The van der Waals surface area contributed by atoms with Gasteiger partial charge in [0.15, 0.2) is 0 Å². The van der Waals surface area contributed by atoms with E-state index in [1.807, 2.05) is 6.92 Å². The molecule has 19 heavy (non-hydrogen) atoms. The molecule has 7 heteroatoms. The molecule has 0 radical (unpaired) electrons. The highest BCUT2D eigenvalue weighted by molar-refractivity contribution is 9.11. The summed E-state index contributed by atoms with van der Waals surface area (Å²) in [6.07, 6.45) is 0. The summed E-state index contributed by atoms with van der Waals surface area (Å²) in [4.78, 5) is 0.203. The van der Waals surface area contributed by atoms with Gasteiger partial charge in [-0.15, -0.1) is 0 Å². The standard InChI is InChI=1S/C12H17Br2NO3S/c1-8-5-10(14)11(6-9(8)13)19(16,17)15-12(2,3)7-18-4/h5-6,15H,7H2,1-4H3. The molecule has 108 valence electrons. The zero-order valence-electron chi connectivity index (χ0n) is 11.3. The van der Waals surface area contributed by atoms with Crippen LogP contribution in [0.4, 0.5) is 0 Å². The molecule has 0 unspecified atom stereocenters. The highest BCUT2D eigenvalue weighted by atomic mass is 79.9. The van der Waals surface area contributed by atoms with Crippen molar-refractivity contribution in [2.75, 3.05) is 13.7 Å². The van der Waals surface area contributed by atoms with Crippen LogP contribution in [0.2, 0.25) is 0 Å². The van der Waals surface area contributed by atoms with E-state index in [-0.39, 0.29) is 11.5 Å². The van der Waals surface area contributed by atoms with Crippen LogP contribution in [0, 0.1) is 6.92 Å². The maximum atomic E-state index is 12.4. The van der Waals surface area contributed by atoms with Gasteiger partial charge in [-0.3, -0.25) is 0 Å². The molecule has 0 aliphatic rings. The van der Waals surface area contributed by atoms with Gasteiger partial charge < -0.3 is 4.74 Å². The maximum Gasteiger partial charge on any atom is 0.242 e. The van der Waals surface area contributed by atoms with E-state index in [4.69, 9.17) is 4.74 Å². The third-order valence-corrected chi connectivity index (χ3v) is 5.93. The minimum atomic E-state index is -3.62. The Morgan fingerprint density at radius 3 is 2.37 bits per heavy atom. The van der Waals surface area contributed by atoms with E-state index in [1.165, 1.54) is 7.11 Å². The van der Waals surface area contributed by atoms with Crippen molar-refractivity contribution < 1.29 is 13.2 Å². The van der Waals surface area contributed by atoms with Gasteiger partial charge in [0.2, 0.25) is 10.0 Å². The Morgan fingerprint density at radius 2 is 1.84 bits per heavy atom. The number of rotatable bonds is 5. The largest absolute Gasteiger partial charge is 0.383 e. The van der Waals surface area contributed by atoms with Crippen molar-refractivity contribution in [1.29, 1.82) is 0 Å². The molecule has 0 fully saturated rings. The fourth-order valence-corrected chi connectivity index (χ4v) is 4.72. The van der Waals surface area contributed by atoms with Crippen LogP contribution in [-0.4, -0.2) is 27.7 Å². The van der Waals surface area contributed by atoms with E-state index in [1.54, 1.807) is 26.0 Å². The topological polar surface area (TPSA) is 55.4 Å². The molecule has 1 N–H and O–H groups in total. The second-order valence-electron chi connectivity index (χ2n) is 4.95. The lowest BCUT2D eigenvalue weighted by Crippen LogP contribution is -2.46.